The van der Waals surface area contributed by atoms with Gasteiger partial charge in [-0.05, 0) is 31.2 Å². The minimum absolute atomic E-state index is 0.0227. The van der Waals surface area contributed by atoms with E-state index in [2.05, 4.69) is 27.7 Å². The Morgan fingerprint density at radius 2 is 1.29 bits per heavy atom. The molecule has 1 aromatic rings. The van der Waals surface area contributed by atoms with Gasteiger partial charge in [0.25, 0.3) is 0 Å². The number of ether oxygens (including phenoxy) is 10. The zero-order chi connectivity index (χ0) is 37.3. The van der Waals surface area contributed by atoms with Crippen molar-refractivity contribution in [3.63, 3.8) is 0 Å². The lowest BCUT2D eigenvalue weighted by molar-refractivity contribution is -0.331. The van der Waals surface area contributed by atoms with Gasteiger partial charge in [-0.3, -0.25) is 9.69 Å². The monoisotopic (exact) mass is 737 g/mol. The summed E-state index contributed by atoms with van der Waals surface area (Å²) in [5.41, 5.74) is 0.900. The summed E-state index contributed by atoms with van der Waals surface area (Å²) in [5.74, 6) is -0.513. The lowest BCUT2D eigenvalue weighted by Gasteiger charge is -2.47. The van der Waals surface area contributed by atoms with Crippen molar-refractivity contribution in [1.29, 1.82) is 0 Å². The van der Waals surface area contributed by atoms with Crippen molar-refractivity contribution < 1.29 is 57.0 Å². The second-order valence-electron chi connectivity index (χ2n) is 13.7. The van der Waals surface area contributed by atoms with Gasteiger partial charge in [-0.15, -0.1) is 0 Å². The van der Waals surface area contributed by atoms with Gasteiger partial charge >= 0.3 is 12.1 Å². The van der Waals surface area contributed by atoms with Crippen molar-refractivity contribution in [3.8, 4) is 0 Å². The van der Waals surface area contributed by atoms with Gasteiger partial charge in [-0.2, -0.15) is 0 Å². The van der Waals surface area contributed by atoms with Gasteiger partial charge in [0.15, 0.2) is 24.8 Å². The van der Waals surface area contributed by atoms with Crippen LogP contribution in [0.4, 0.5) is 4.79 Å². The predicted molar refractivity (Wildman–Crippen MR) is 192 cm³/mol. The Bertz CT molecular complexity index is 1160. The molecule has 52 heavy (non-hydrogen) atoms. The maximum atomic E-state index is 13.6. The van der Waals surface area contributed by atoms with Crippen LogP contribution in [0.3, 0.4) is 0 Å². The van der Waals surface area contributed by atoms with Crippen LogP contribution in [0.2, 0.25) is 0 Å². The molecule has 3 saturated heterocycles. The first-order valence-electron chi connectivity index (χ1n) is 19.4. The molecule has 3 heterocycles. The smallest absolute Gasteiger partial charge is 0.411 e. The van der Waals surface area contributed by atoms with Gasteiger partial charge in [0.2, 0.25) is 0 Å². The molecule has 10 atom stereocenters. The molecule has 13 nitrogen and oxygen atoms in total. The number of nitrogens with zero attached hydrogens (tertiary/aromatic N) is 1. The average Bonchev–Trinajstić information content (AvgIpc) is 3.47. The molecule has 1 aromatic carbocycles. The first kappa shape index (κ1) is 42.4. The van der Waals surface area contributed by atoms with E-state index in [1.54, 1.807) is 12.0 Å². The van der Waals surface area contributed by atoms with Crippen molar-refractivity contribution in [2.24, 2.45) is 0 Å². The van der Waals surface area contributed by atoms with Crippen molar-refractivity contribution in [1.82, 2.24) is 4.90 Å². The highest BCUT2D eigenvalue weighted by Crippen LogP contribution is 2.37. The molecule has 0 bridgehead atoms. The minimum Gasteiger partial charge on any atom is -0.456 e. The van der Waals surface area contributed by atoms with Crippen LogP contribution in [0.15, 0.2) is 30.3 Å². The molecule has 0 aliphatic carbocycles. The van der Waals surface area contributed by atoms with Crippen molar-refractivity contribution >= 4 is 12.1 Å². The second-order valence-corrected chi connectivity index (χ2v) is 13.7. The maximum absolute atomic E-state index is 13.6. The molecule has 0 radical (unpaired) electrons. The van der Waals surface area contributed by atoms with Crippen LogP contribution in [0.5, 0.6) is 0 Å². The Labute approximate surface area is 310 Å². The number of unbranched alkanes of at least 4 members (excludes halogenated alkanes) is 4. The van der Waals surface area contributed by atoms with E-state index < -0.39 is 73.4 Å². The van der Waals surface area contributed by atoms with E-state index in [0.29, 0.717) is 26.4 Å². The zero-order valence-corrected chi connectivity index (χ0v) is 32.1. The summed E-state index contributed by atoms with van der Waals surface area (Å²) in [7, 11) is 1.59. The number of carbonyl (C=O) groups excluding carboxylic acids is 2. The molecular weight excluding hydrogens is 674 g/mol. The highest BCUT2D eigenvalue weighted by molar-refractivity contribution is 5.71. The van der Waals surface area contributed by atoms with Crippen LogP contribution in [0, 0.1) is 0 Å². The summed E-state index contributed by atoms with van der Waals surface area (Å²) < 4.78 is 62.8. The Hall–Kier alpha value is -2.36. The van der Waals surface area contributed by atoms with E-state index in [1.807, 2.05) is 30.3 Å². The maximum Gasteiger partial charge on any atom is 0.411 e. The van der Waals surface area contributed by atoms with Crippen LogP contribution in [0.1, 0.15) is 91.5 Å². The Balaban J connectivity index is 1.63. The van der Waals surface area contributed by atoms with Crippen LogP contribution in [-0.2, 0) is 58.7 Å². The summed E-state index contributed by atoms with van der Waals surface area (Å²) >= 11 is 0. The van der Waals surface area contributed by atoms with Gasteiger partial charge in [-0.25, -0.2) is 4.79 Å². The molecule has 4 unspecified atom stereocenters. The lowest BCUT2D eigenvalue weighted by Crippen LogP contribution is -2.64. The van der Waals surface area contributed by atoms with Gasteiger partial charge in [0.1, 0.15) is 36.6 Å². The number of fused-ring (bicyclic) bond motifs is 1. The SMILES string of the molecule is CCCCOCC1O[C@@H](OCC2O[C@H](OC)C(OCCCC)[C@@H](OCCCC)[C@@H]2OCCCC)C2[C@@H](OC(=O)N2Cc2ccccc2)[C@H]1OC(C)=O. The highest BCUT2D eigenvalue weighted by atomic mass is 16.7. The van der Waals surface area contributed by atoms with Crippen LogP contribution in [-0.4, -0.2) is 125 Å². The van der Waals surface area contributed by atoms with Crippen molar-refractivity contribution in [2.75, 3.05) is 46.8 Å². The third-order valence-corrected chi connectivity index (χ3v) is 9.54. The summed E-state index contributed by atoms with van der Waals surface area (Å²) in [4.78, 5) is 27.5. The molecule has 1 amide bonds. The van der Waals surface area contributed by atoms with Crippen molar-refractivity contribution in [2.45, 2.75) is 154 Å². The summed E-state index contributed by atoms with van der Waals surface area (Å²) in [6, 6.07) is 8.87. The van der Waals surface area contributed by atoms with Gasteiger partial charge in [-0.1, -0.05) is 83.7 Å². The summed E-state index contributed by atoms with van der Waals surface area (Å²) in [6.45, 7) is 12.2. The van der Waals surface area contributed by atoms with E-state index in [1.165, 1.54) is 6.92 Å². The Morgan fingerprint density at radius 3 is 1.90 bits per heavy atom. The fraction of sp³-hybridized carbons (Fsp3) is 0.795. The quantitative estimate of drug-likeness (QED) is 0.0941. The molecule has 0 spiro atoms. The zero-order valence-electron chi connectivity index (χ0n) is 32.1. The number of benzene rings is 1. The Kier molecular flexibility index (Phi) is 18.6. The van der Waals surface area contributed by atoms with E-state index in [4.69, 9.17) is 47.4 Å². The van der Waals surface area contributed by atoms with E-state index in [9.17, 15) is 9.59 Å². The molecule has 3 fully saturated rings. The van der Waals surface area contributed by atoms with Gasteiger partial charge in [0.05, 0.1) is 13.2 Å². The minimum atomic E-state index is -0.981. The highest BCUT2D eigenvalue weighted by Gasteiger charge is 2.59. The van der Waals surface area contributed by atoms with Gasteiger partial charge < -0.3 is 47.4 Å². The number of rotatable bonds is 24. The summed E-state index contributed by atoms with van der Waals surface area (Å²) in [5, 5.41) is 0. The number of methoxy groups -OCH3 is 1. The Morgan fingerprint density at radius 1 is 0.712 bits per heavy atom. The molecular formula is C39H63NO12. The number of esters is 1. The predicted octanol–water partition coefficient (Wildman–Crippen LogP) is 5.79. The molecule has 3 aliphatic rings. The normalized spacial score (nSPS) is 30.3. The topological polar surface area (TPSA) is 130 Å². The third kappa shape index (κ3) is 11.8. The van der Waals surface area contributed by atoms with Crippen LogP contribution < -0.4 is 0 Å². The van der Waals surface area contributed by atoms with E-state index in [0.717, 1.165) is 56.9 Å². The number of amides is 1. The molecule has 4 rings (SSSR count). The van der Waals surface area contributed by atoms with Crippen LogP contribution >= 0.6 is 0 Å². The standard InChI is InChI=1S/C39H63NO12/c1-7-11-20-44-25-29-33(49-27(5)41)34-31(40(39(42)52-34)24-28-18-16-15-17-19-28)37(50-29)48-26-30-32(45-21-12-8-2)35(46-22-13-9-3)36(38(43-6)51-30)47-23-14-10-4/h15-19,29-38H,7-14,20-26H2,1-6H3/t29?,30?,31?,32-,33+,34-,35+,36?,37-,38+/m1/s1. The molecule has 0 N–H and O–H groups in total. The average molecular weight is 738 g/mol. The molecule has 296 valence electrons. The number of hydrogen-bond acceptors (Lipinski definition) is 12. The molecule has 13 heteroatoms. The molecule has 0 saturated carbocycles. The number of carbonyl (C=O) groups is 2. The van der Waals surface area contributed by atoms with E-state index in [-0.39, 0.29) is 19.8 Å². The fourth-order valence-corrected chi connectivity index (χ4v) is 6.71. The molecule has 3 aliphatic heterocycles. The molecule has 0 aromatic heterocycles. The largest absolute Gasteiger partial charge is 0.456 e. The second kappa shape index (κ2) is 22.8. The van der Waals surface area contributed by atoms with Crippen LogP contribution in [0.25, 0.3) is 0 Å². The first-order valence-corrected chi connectivity index (χ1v) is 19.4. The van der Waals surface area contributed by atoms with Gasteiger partial charge in [0, 0.05) is 47.0 Å². The van der Waals surface area contributed by atoms with Crippen molar-refractivity contribution in [3.05, 3.63) is 35.9 Å². The lowest BCUT2D eigenvalue weighted by atomic mass is 9.95. The number of hydrogen-bond donors (Lipinski definition) is 0. The fourth-order valence-electron chi connectivity index (χ4n) is 6.71. The third-order valence-electron chi connectivity index (χ3n) is 9.54. The first-order chi connectivity index (χ1) is 25.4. The van der Waals surface area contributed by atoms with E-state index >= 15 is 0 Å². The summed E-state index contributed by atoms with van der Waals surface area (Å²) in [6.07, 6.45) is 0.433.